The monoisotopic (exact) mass is 312 g/mol. The molecule has 5 heteroatoms. The van der Waals surface area contributed by atoms with Crippen molar-refractivity contribution in [3.8, 4) is 17.5 Å². The fraction of sp³-hybridized carbons (Fsp3) is 0.0714. The first-order valence-electron chi connectivity index (χ1n) is 5.70. The van der Waals surface area contributed by atoms with Crippen LogP contribution in [0.15, 0.2) is 41.0 Å². The number of nitrogens with zero attached hydrogens (tertiary/aromatic N) is 4. The number of pyridine rings is 1. The second-order valence-electron chi connectivity index (χ2n) is 4.24. The third-order valence-electron chi connectivity index (χ3n) is 2.97. The molecule has 0 bridgehead atoms. The summed E-state index contributed by atoms with van der Waals surface area (Å²) in [7, 11) is 0. The highest BCUT2D eigenvalue weighted by molar-refractivity contribution is 9.10. The van der Waals surface area contributed by atoms with Crippen molar-refractivity contribution in [3.05, 3.63) is 52.1 Å². The topological polar surface area (TPSA) is 54.0 Å². The second-order valence-corrected chi connectivity index (χ2v) is 5.15. The van der Waals surface area contributed by atoms with Gasteiger partial charge in [0.05, 0.1) is 11.6 Å². The Kier molecular flexibility index (Phi) is 2.80. The van der Waals surface area contributed by atoms with Crippen LogP contribution in [0.1, 0.15) is 11.1 Å². The van der Waals surface area contributed by atoms with Crippen LogP contribution >= 0.6 is 15.9 Å². The molecule has 0 unspecified atom stereocenters. The molecule has 0 aliphatic carbocycles. The average Bonchev–Trinajstić information content (AvgIpc) is 2.81. The van der Waals surface area contributed by atoms with Gasteiger partial charge >= 0.3 is 0 Å². The van der Waals surface area contributed by atoms with Crippen LogP contribution in [-0.4, -0.2) is 14.6 Å². The summed E-state index contributed by atoms with van der Waals surface area (Å²) in [6.45, 7) is 2.03. The van der Waals surface area contributed by atoms with E-state index in [1.54, 1.807) is 12.1 Å². The molecule has 0 atom stereocenters. The lowest BCUT2D eigenvalue weighted by atomic mass is 10.1. The Morgan fingerprint density at radius 2 is 2.05 bits per heavy atom. The fourth-order valence-electron chi connectivity index (χ4n) is 2.02. The van der Waals surface area contributed by atoms with Gasteiger partial charge in [0.1, 0.15) is 0 Å². The molecule has 0 fully saturated rings. The van der Waals surface area contributed by atoms with E-state index in [9.17, 15) is 0 Å². The van der Waals surface area contributed by atoms with Gasteiger partial charge in [-0.1, -0.05) is 15.9 Å². The maximum Gasteiger partial charge on any atom is 0.168 e. The van der Waals surface area contributed by atoms with E-state index in [2.05, 4.69) is 32.2 Å². The smallest absolute Gasteiger partial charge is 0.168 e. The van der Waals surface area contributed by atoms with E-state index >= 15 is 0 Å². The normalized spacial score (nSPS) is 10.6. The SMILES string of the molecule is Cc1cc(Br)ccc1-c1nnc2cc(C#N)ccn12. The van der Waals surface area contributed by atoms with E-state index in [1.165, 1.54) is 0 Å². The van der Waals surface area contributed by atoms with E-state index in [-0.39, 0.29) is 0 Å². The number of nitriles is 1. The third-order valence-corrected chi connectivity index (χ3v) is 3.46. The highest BCUT2D eigenvalue weighted by Crippen LogP contribution is 2.25. The Morgan fingerprint density at radius 1 is 1.21 bits per heavy atom. The standard InChI is InChI=1S/C14H9BrN4/c1-9-6-11(15)2-3-12(9)14-18-17-13-7-10(8-16)4-5-19(13)14/h2-7H,1H3. The predicted molar refractivity (Wildman–Crippen MR) is 75.6 cm³/mol. The molecule has 0 saturated carbocycles. The summed E-state index contributed by atoms with van der Waals surface area (Å²) < 4.78 is 2.92. The zero-order valence-electron chi connectivity index (χ0n) is 10.1. The van der Waals surface area contributed by atoms with E-state index in [0.717, 1.165) is 21.4 Å². The molecule has 0 radical (unpaired) electrons. The molecular weight excluding hydrogens is 304 g/mol. The molecule has 3 aromatic rings. The van der Waals surface area contributed by atoms with Gasteiger partial charge in [-0.2, -0.15) is 5.26 Å². The Hall–Kier alpha value is -2.19. The van der Waals surface area contributed by atoms with Gasteiger partial charge in [-0.05, 0) is 36.8 Å². The number of rotatable bonds is 1. The van der Waals surface area contributed by atoms with Crippen LogP contribution in [-0.2, 0) is 0 Å². The Balaban J connectivity index is 2.23. The lowest BCUT2D eigenvalue weighted by molar-refractivity contribution is 1.11. The number of halogens is 1. The molecule has 3 rings (SSSR count). The quantitative estimate of drug-likeness (QED) is 0.692. The van der Waals surface area contributed by atoms with Crippen LogP contribution < -0.4 is 0 Å². The first kappa shape index (κ1) is 11.9. The van der Waals surface area contributed by atoms with E-state index in [1.807, 2.05) is 35.7 Å². The molecule has 0 amide bonds. The van der Waals surface area contributed by atoms with Gasteiger partial charge in [0.25, 0.3) is 0 Å². The Morgan fingerprint density at radius 3 is 2.79 bits per heavy atom. The van der Waals surface area contributed by atoms with E-state index < -0.39 is 0 Å². The van der Waals surface area contributed by atoms with Gasteiger partial charge in [0, 0.05) is 22.3 Å². The van der Waals surface area contributed by atoms with Gasteiger partial charge in [-0.25, -0.2) is 0 Å². The van der Waals surface area contributed by atoms with Gasteiger partial charge in [-0.15, -0.1) is 10.2 Å². The first-order chi connectivity index (χ1) is 9.19. The molecule has 2 heterocycles. The van der Waals surface area contributed by atoms with Crippen LogP contribution in [0.2, 0.25) is 0 Å². The molecular formula is C14H9BrN4. The van der Waals surface area contributed by atoms with Crippen LogP contribution in [0.4, 0.5) is 0 Å². The van der Waals surface area contributed by atoms with Crippen molar-refractivity contribution < 1.29 is 0 Å². The van der Waals surface area contributed by atoms with E-state index in [0.29, 0.717) is 11.2 Å². The minimum Gasteiger partial charge on any atom is -0.282 e. The van der Waals surface area contributed by atoms with E-state index in [4.69, 9.17) is 5.26 Å². The second kappa shape index (κ2) is 4.48. The Labute approximate surface area is 118 Å². The molecule has 19 heavy (non-hydrogen) atoms. The average molecular weight is 313 g/mol. The van der Waals surface area contributed by atoms with Crippen LogP contribution in [0, 0.1) is 18.3 Å². The zero-order valence-corrected chi connectivity index (χ0v) is 11.7. The summed E-state index contributed by atoms with van der Waals surface area (Å²) in [5.74, 6) is 0.782. The van der Waals surface area contributed by atoms with Crippen LogP contribution in [0.3, 0.4) is 0 Å². The number of aromatic nitrogens is 3. The number of hydrogen-bond acceptors (Lipinski definition) is 3. The summed E-state index contributed by atoms with van der Waals surface area (Å²) in [5.41, 5.74) is 3.41. The highest BCUT2D eigenvalue weighted by Gasteiger charge is 2.10. The van der Waals surface area contributed by atoms with Crippen molar-refractivity contribution in [1.82, 2.24) is 14.6 Å². The Bertz CT molecular complexity index is 814. The van der Waals surface area contributed by atoms with Crippen molar-refractivity contribution in [3.63, 3.8) is 0 Å². The lowest BCUT2D eigenvalue weighted by Gasteiger charge is -2.04. The molecule has 0 spiro atoms. The van der Waals surface area contributed by atoms with Crippen molar-refractivity contribution in [2.24, 2.45) is 0 Å². The van der Waals surface area contributed by atoms with Crippen molar-refractivity contribution >= 4 is 21.6 Å². The highest BCUT2D eigenvalue weighted by atomic mass is 79.9. The summed E-state index contributed by atoms with van der Waals surface area (Å²) in [5, 5.41) is 17.2. The van der Waals surface area contributed by atoms with Crippen LogP contribution in [0.25, 0.3) is 17.0 Å². The lowest BCUT2D eigenvalue weighted by Crippen LogP contribution is -1.92. The number of benzene rings is 1. The van der Waals surface area contributed by atoms with Crippen molar-refractivity contribution in [2.75, 3.05) is 0 Å². The maximum atomic E-state index is 8.88. The first-order valence-corrected chi connectivity index (χ1v) is 6.50. The van der Waals surface area contributed by atoms with Gasteiger partial charge in [-0.3, -0.25) is 4.40 Å². The summed E-state index contributed by atoms with van der Waals surface area (Å²) >= 11 is 3.45. The molecule has 2 aromatic heterocycles. The number of hydrogen-bond donors (Lipinski definition) is 0. The molecule has 0 N–H and O–H groups in total. The minimum absolute atomic E-state index is 0.582. The molecule has 92 valence electrons. The summed E-state index contributed by atoms with van der Waals surface area (Å²) in [6.07, 6.45) is 1.82. The number of fused-ring (bicyclic) bond motifs is 1. The molecule has 1 aromatic carbocycles. The van der Waals surface area contributed by atoms with Crippen LogP contribution in [0.5, 0.6) is 0 Å². The molecule has 0 aliphatic heterocycles. The van der Waals surface area contributed by atoms with Crippen molar-refractivity contribution in [1.29, 1.82) is 5.26 Å². The van der Waals surface area contributed by atoms with Gasteiger partial charge in [0.15, 0.2) is 11.5 Å². The fourth-order valence-corrected chi connectivity index (χ4v) is 2.50. The minimum atomic E-state index is 0.582. The summed E-state index contributed by atoms with van der Waals surface area (Å²) in [6, 6.07) is 11.6. The third kappa shape index (κ3) is 2.00. The molecule has 0 saturated heterocycles. The zero-order chi connectivity index (χ0) is 13.4. The van der Waals surface area contributed by atoms with Gasteiger partial charge < -0.3 is 0 Å². The maximum absolute atomic E-state index is 8.88. The summed E-state index contributed by atoms with van der Waals surface area (Å²) in [4.78, 5) is 0. The predicted octanol–water partition coefficient (Wildman–Crippen LogP) is 3.34. The molecule has 4 nitrogen and oxygen atoms in total. The van der Waals surface area contributed by atoms with Gasteiger partial charge in [0.2, 0.25) is 0 Å². The number of aryl methyl sites for hydroxylation is 1. The largest absolute Gasteiger partial charge is 0.282 e. The van der Waals surface area contributed by atoms with Crippen molar-refractivity contribution in [2.45, 2.75) is 6.92 Å². The molecule has 0 aliphatic rings.